The van der Waals surface area contributed by atoms with Crippen LogP contribution in [-0.4, -0.2) is 44.2 Å². The molecule has 0 saturated carbocycles. The number of thioether (sulfide) groups is 1. The van der Waals surface area contributed by atoms with Gasteiger partial charge in [0.1, 0.15) is 11.5 Å². The fourth-order valence-corrected chi connectivity index (χ4v) is 4.13. The minimum absolute atomic E-state index is 0.0328. The predicted octanol–water partition coefficient (Wildman–Crippen LogP) is 3.77. The number of nitrogens with zero attached hydrogens (tertiary/aromatic N) is 4. The molecule has 0 bridgehead atoms. The van der Waals surface area contributed by atoms with Crippen LogP contribution in [0.25, 0.3) is 11.0 Å². The molecule has 2 aromatic heterocycles. The molecule has 26 heavy (non-hydrogen) atoms. The second-order valence-corrected chi connectivity index (χ2v) is 7.44. The standard InChI is InChI=1S/C20H22N4OS/c1-14-21-16-8-3-4-10-18(16)24(14)13-15-7-6-12-23(15)20(25)17-9-5-11-19(22-17)26-2/h3-5,8-11,15H,6-7,12-13H2,1-2H3. The number of imidazole rings is 1. The summed E-state index contributed by atoms with van der Waals surface area (Å²) in [6.07, 6.45) is 4.02. The maximum atomic E-state index is 13.0. The highest BCUT2D eigenvalue weighted by molar-refractivity contribution is 7.98. The average Bonchev–Trinajstić information content (AvgIpc) is 3.26. The van der Waals surface area contributed by atoms with Crippen LogP contribution in [0.5, 0.6) is 0 Å². The molecule has 4 rings (SSSR count). The van der Waals surface area contributed by atoms with Crippen molar-refractivity contribution in [3.63, 3.8) is 0 Å². The second kappa shape index (κ2) is 7.11. The van der Waals surface area contributed by atoms with Crippen LogP contribution < -0.4 is 0 Å². The molecule has 134 valence electrons. The number of rotatable bonds is 4. The van der Waals surface area contributed by atoms with Crippen LogP contribution in [-0.2, 0) is 6.54 Å². The smallest absolute Gasteiger partial charge is 0.272 e. The van der Waals surface area contributed by atoms with Gasteiger partial charge < -0.3 is 9.47 Å². The van der Waals surface area contributed by atoms with Gasteiger partial charge in [-0.05, 0) is 50.3 Å². The number of carbonyl (C=O) groups excluding carboxylic acids is 1. The monoisotopic (exact) mass is 366 g/mol. The molecule has 1 aromatic carbocycles. The summed E-state index contributed by atoms with van der Waals surface area (Å²) in [5, 5.41) is 0.878. The zero-order valence-electron chi connectivity index (χ0n) is 15.1. The van der Waals surface area contributed by atoms with Gasteiger partial charge in [0.2, 0.25) is 0 Å². The summed E-state index contributed by atoms with van der Waals surface area (Å²) in [6.45, 7) is 3.60. The van der Waals surface area contributed by atoms with Crippen LogP contribution in [0.1, 0.15) is 29.2 Å². The average molecular weight is 366 g/mol. The third-order valence-corrected chi connectivity index (χ3v) is 5.67. The Kier molecular flexibility index (Phi) is 4.68. The zero-order chi connectivity index (χ0) is 18.1. The lowest BCUT2D eigenvalue weighted by Crippen LogP contribution is -2.38. The Morgan fingerprint density at radius 2 is 2.04 bits per heavy atom. The summed E-state index contributed by atoms with van der Waals surface area (Å²) in [4.78, 5) is 24.2. The van der Waals surface area contributed by atoms with E-state index in [1.807, 2.05) is 54.5 Å². The Hall–Kier alpha value is -2.34. The quantitative estimate of drug-likeness (QED) is 0.660. The molecular formula is C20H22N4OS. The molecule has 6 heteroatoms. The summed E-state index contributed by atoms with van der Waals surface area (Å²) < 4.78 is 2.23. The van der Waals surface area contributed by atoms with Crippen LogP contribution in [0.15, 0.2) is 47.5 Å². The van der Waals surface area contributed by atoms with Gasteiger partial charge in [0.25, 0.3) is 5.91 Å². The number of carbonyl (C=O) groups is 1. The van der Waals surface area contributed by atoms with Crippen LogP contribution >= 0.6 is 11.8 Å². The first-order chi connectivity index (χ1) is 12.7. The van der Waals surface area contributed by atoms with Crippen molar-refractivity contribution < 1.29 is 4.79 Å². The van der Waals surface area contributed by atoms with Crippen LogP contribution in [0.3, 0.4) is 0 Å². The lowest BCUT2D eigenvalue weighted by atomic mass is 10.2. The summed E-state index contributed by atoms with van der Waals surface area (Å²) in [6, 6.07) is 14.0. The summed E-state index contributed by atoms with van der Waals surface area (Å²) in [5.74, 6) is 1.03. The van der Waals surface area contributed by atoms with Gasteiger partial charge in [0, 0.05) is 13.1 Å². The van der Waals surface area contributed by atoms with E-state index in [9.17, 15) is 4.79 Å². The van der Waals surface area contributed by atoms with E-state index in [1.54, 1.807) is 11.8 Å². The number of aromatic nitrogens is 3. The number of amides is 1. The molecule has 1 saturated heterocycles. The topological polar surface area (TPSA) is 51.0 Å². The van der Waals surface area contributed by atoms with Crippen molar-refractivity contribution in [3.05, 3.63) is 54.0 Å². The number of likely N-dealkylation sites (tertiary alicyclic amines) is 1. The second-order valence-electron chi connectivity index (χ2n) is 6.62. The third-order valence-electron chi connectivity index (χ3n) is 5.03. The van der Waals surface area contributed by atoms with Crippen molar-refractivity contribution in [2.45, 2.75) is 37.4 Å². The molecular weight excluding hydrogens is 344 g/mol. The van der Waals surface area contributed by atoms with E-state index in [1.165, 1.54) is 0 Å². The minimum atomic E-state index is 0.0328. The van der Waals surface area contributed by atoms with Crippen molar-refractivity contribution >= 4 is 28.7 Å². The number of fused-ring (bicyclic) bond motifs is 1. The van der Waals surface area contributed by atoms with Crippen molar-refractivity contribution in [2.24, 2.45) is 0 Å². The predicted molar refractivity (Wildman–Crippen MR) is 105 cm³/mol. The zero-order valence-corrected chi connectivity index (χ0v) is 15.9. The molecule has 1 unspecified atom stereocenters. The van der Waals surface area contributed by atoms with E-state index in [0.717, 1.165) is 47.8 Å². The van der Waals surface area contributed by atoms with E-state index in [4.69, 9.17) is 0 Å². The highest BCUT2D eigenvalue weighted by Gasteiger charge is 2.31. The number of pyridine rings is 1. The van der Waals surface area contributed by atoms with E-state index >= 15 is 0 Å². The summed E-state index contributed by atoms with van der Waals surface area (Å²) in [5.41, 5.74) is 2.68. The Morgan fingerprint density at radius 1 is 1.19 bits per heavy atom. The van der Waals surface area contributed by atoms with Gasteiger partial charge in [0.05, 0.1) is 22.1 Å². The molecule has 0 N–H and O–H groups in total. The minimum Gasteiger partial charge on any atom is -0.333 e. The van der Waals surface area contributed by atoms with E-state index < -0.39 is 0 Å². The SMILES string of the molecule is CSc1cccc(C(=O)N2CCCC2Cn2c(C)nc3ccccc32)n1. The van der Waals surface area contributed by atoms with E-state index in [2.05, 4.69) is 20.6 Å². The first-order valence-corrected chi connectivity index (χ1v) is 10.1. The first kappa shape index (κ1) is 17.1. The van der Waals surface area contributed by atoms with E-state index in [-0.39, 0.29) is 11.9 Å². The maximum absolute atomic E-state index is 13.0. The number of hydrogen-bond donors (Lipinski definition) is 0. The highest BCUT2D eigenvalue weighted by atomic mass is 32.2. The molecule has 3 heterocycles. The largest absolute Gasteiger partial charge is 0.333 e. The van der Waals surface area contributed by atoms with Gasteiger partial charge in [-0.3, -0.25) is 4.79 Å². The van der Waals surface area contributed by atoms with Gasteiger partial charge in [-0.15, -0.1) is 11.8 Å². The van der Waals surface area contributed by atoms with Crippen LogP contribution in [0.4, 0.5) is 0 Å². The summed E-state index contributed by atoms with van der Waals surface area (Å²) in [7, 11) is 0. The Morgan fingerprint density at radius 3 is 2.88 bits per heavy atom. The Bertz CT molecular complexity index is 952. The van der Waals surface area contributed by atoms with Crippen LogP contribution in [0, 0.1) is 6.92 Å². The lowest BCUT2D eigenvalue weighted by molar-refractivity contribution is 0.0718. The van der Waals surface area contributed by atoms with Crippen molar-refractivity contribution in [2.75, 3.05) is 12.8 Å². The van der Waals surface area contributed by atoms with Gasteiger partial charge in [-0.25, -0.2) is 9.97 Å². The Balaban J connectivity index is 1.60. The lowest BCUT2D eigenvalue weighted by Gasteiger charge is -2.25. The van der Waals surface area contributed by atoms with Crippen molar-refractivity contribution in [3.8, 4) is 0 Å². The van der Waals surface area contributed by atoms with E-state index in [0.29, 0.717) is 5.69 Å². The fraction of sp³-hybridized carbons (Fsp3) is 0.350. The molecule has 0 aliphatic carbocycles. The summed E-state index contributed by atoms with van der Waals surface area (Å²) >= 11 is 1.56. The molecule has 1 aliphatic rings. The van der Waals surface area contributed by atoms with Crippen molar-refractivity contribution in [1.29, 1.82) is 0 Å². The van der Waals surface area contributed by atoms with Crippen LogP contribution in [0.2, 0.25) is 0 Å². The number of para-hydroxylation sites is 2. The fourth-order valence-electron chi connectivity index (χ4n) is 3.72. The number of hydrogen-bond acceptors (Lipinski definition) is 4. The van der Waals surface area contributed by atoms with Gasteiger partial charge in [0.15, 0.2) is 0 Å². The molecule has 0 radical (unpaired) electrons. The normalized spacial score (nSPS) is 17.2. The molecule has 1 atom stereocenters. The van der Waals surface area contributed by atoms with Crippen molar-refractivity contribution in [1.82, 2.24) is 19.4 Å². The Labute approximate surface area is 157 Å². The van der Waals surface area contributed by atoms with Gasteiger partial charge in [-0.2, -0.15) is 0 Å². The molecule has 1 fully saturated rings. The van der Waals surface area contributed by atoms with Gasteiger partial charge in [-0.1, -0.05) is 18.2 Å². The molecule has 3 aromatic rings. The number of benzene rings is 1. The molecule has 1 amide bonds. The maximum Gasteiger partial charge on any atom is 0.272 e. The third kappa shape index (κ3) is 3.09. The first-order valence-electron chi connectivity index (χ1n) is 8.91. The highest BCUT2D eigenvalue weighted by Crippen LogP contribution is 2.24. The van der Waals surface area contributed by atoms with Gasteiger partial charge >= 0.3 is 0 Å². The number of aryl methyl sites for hydroxylation is 1. The molecule has 1 aliphatic heterocycles. The molecule has 0 spiro atoms. The molecule has 5 nitrogen and oxygen atoms in total.